The molecule has 0 N–H and O–H groups in total. The average Bonchev–Trinajstić information content (AvgIpc) is 3.11. The van der Waals surface area contributed by atoms with Crippen LogP contribution >= 0.6 is 0 Å². The first-order chi connectivity index (χ1) is 10.3. The molecule has 21 heavy (non-hydrogen) atoms. The SMILES string of the molecule is COCCN1CC[C@H](CN(C)C2Cc3ccccc3C2)C1. The van der Waals surface area contributed by atoms with Crippen LogP contribution in [0.4, 0.5) is 0 Å². The summed E-state index contributed by atoms with van der Waals surface area (Å²) >= 11 is 0. The molecule has 3 nitrogen and oxygen atoms in total. The summed E-state index contributed by atoms with van der Waals surface area (Å²) in [5, 5.41) is 0. The molecule has 3 rings (SSSR count). The van der Waals surface area contributed by atoms with Gasteiger partial charge >= 0.3 is 0 Å². The maximum Gasteiger partial charge on any atom is 0.0589 e. The Morgan fingerprint density at radius 2 is 1.95 bits per heavy atom. The van der Waals surface area contributed by atoms with Gasteiger partial charge in [-0.25, -0.2) is 0 Å². The van der Waals surface area contributed by atoms with E-state index >= 15 is 0 Å². The Morgan fingerprint density at radius 3 is 2.62 bits per heavy atom. The minimum absolute atomic E-state index is 0.704. The van der Waals surface area contributed by atoms with Gasteiger partial charge in [-0.1, -0.05) is 24.3 Å². The Hall–Kier alpha value is -0.900. The monoisotopic (exact) mass is 288 g/mol. The molecule has 0 spiro atoms. The van der Waals surface area contributed by atoms with Crippen LogP contribution in [0.2, 0.25) is 0 Å². The Kier molecular flexibility index (Phi) is 4.94. The molecule has 0 aromatic heterocycles. The summed E-state index contributed by atoms with van der Waals surface area (Å²) in [6.07, 6.45) is 3.80. The van der Waals surface area contributed by atoms with Gasteiger partial charge in [0.15, 0.2) is 0 Å². The number of hydrogen-bond donors (Lipinski definition) is 0. The summed E-state index contributed by atoms with van der Waals surface area (Å²) in [4.78, 5) is 5.15. The normalized spacial score (nSPS) is 23.1. The molecule has 1 aromatic carbocycles. The standard InChI is InChI=1S/C18H28N2O/c1-19(13-15-7-8-20(14-15)9-10-21-2)18-11-16-5-3-4-6-17(16)12-18/h3-6,15,18H,7-14H2,1-2H3/t15-/m1/s1. The molecular weight excluding hydrogens is 260 g/mol. The maximum atomic E-state index is 5.19. The third-order valence-electron chi connectivity index (χ3n) is 5.18. The minimum atomic E-state index is 0.704. The Morgan fingerprint density at radius 1 is 1.24 bits per heavy atom. The molecule has 0 radical (unpaired) electrons. The van der Waals surface area contributed by atoms with Crippen LogP contribution in [0, 0.1) is 5.92 Å². The van der Waals surface area contributed by atoms with E-state index in [2.05, 4.69) is 41.1 Å². The molecule has 1 atom stereocenters. The van der Waals surface area contributed by atoms with E-state index in [0.29, 0.717) is 6.04 Å². The number of benzene rings is 1. The van der Waals surface area contributed by atoms with Gasteiger partial charge in [-0.2, -0.15) is 0 Å². The van der Waals surface area contributed by atoms with Gasteiger partial charge in [-0.05, 0) is 49.9 Å². The summed E-state index contributed by atoms with van der Waals surface area (Å²) < 4.78 is 5.19. The highest BCUT2D eigenvalue weighted by Gasteiger charge is 2.28. The van der Waals surface area contributed by atoms with Crippen molar-refractivity contribution in [3.8, 4) is 0 Å². The topological polar surface area (TPSA) is 15.7 Å². The lowest BCUT2D eigenvalue weighted by Crippen LogP contribution is -2.37. The molecule has 0 amide bonds. The van der Waals surface area contributed by atoms with Gasteiger partial charge in [-0.3, -0.25) is 0 Å². The summed E-state index contributed by atoms with van der Waals surface area (Å²) in [5.74, 6) is 0.829. The lowest BCUT2D eigenvalue weighted by Gasteiger charge is -2.27. The van der Waals surface area contributed by atoms with E-state index in [4.69, 9.17) is 4.74 Å². The zero-order valence-corrected chi connectivity index (χ0v) is 13.4. The lowest BCUT2D eigenvalue weighted by atomic mass is 10.1. The molecule has 116 valence electrons. The zero-order valence-electron chi connectivity index (χ0n) is 13.4. The number of ether oxygens (including phenoxy) is 1. The van der Waals surface area contributed by atoms with Gasteiger partial charge in [-0.15, -0.1) is 0 Å². The largest absolute Gasteiger partial charge is 0.383 e. The van der Waals surface area contributed by atoms with Crippen molar-refractivity contribution >= 4 is 0 Å². The van der Waals surface area contributed by atoms with Gasteiger partial charge in [0, 0.05) is 32.8 Å². The lowest BCUT2D eigenvalue weighted by molar-refractivity contribution is 0.154. The highest BCUT2D eigenvalue weighted by Crippen LogP contribution is 2.26. The van der Waals surface area contributed by atoms with Crippen molar-refractivity contribution in [3.05, 3.63) is 35.4 Å². The zero-order chi connectivity index (χ0) is 14.7. The first-order valence-electron chi connectivity index (χ1n) is 8.24. The predicted molar refractivity (Wildman–Crippen MR) is 86.7 cm³/mol. The molecule has 1 aliphatic carbocycles. The molecular formula is C18H28N2O. The van der Waals surface area contributed by atoms with Crippen molar-refractivity contribution in [2.45, 2.75) is 25.3 Å². The average molecular weight is 288 g/mol. The van der Waals surface area contributed by atoms with Crippen LogP contribution in [-0.2, 0) is 17.6 Å². The molecule has 1 saturated heterocycles. The van der Waals surface area contributed by atoms with Crippen LogP contribution < -0.4 is 0 Å². The predicted octanol–water partition coefficient (Wildman–Crippen LogP) is 2.05. The quantitative estimate of drug-likeness (QED) is 0.797. The van der Waals surface area contributed by atoms with Crippen LogP contribution in [-0.4, -0.2) is 62.8 Å². The van der Waals surface area contributed by atoms with Crippen molar-refractivity contribution in [2.75, 3.05) is 46.9 Å². The first kappa shape index (κ1) is 15.0. The minimum Gasteiger partial charge on any atom is -0.383 e. The second-order valence-electron chi connectivity index (χ2n) is 6.72. The maximum absolute atomic E-state index is 5.19. The number of hydrogen-bond acceptors (Lipinski definition) is 3. The van der Waals surface area contributed by atoms with Gasteiger partial charge in [0.05, 0.1) is 6.61 Å². The van der Waals surface area contributed by atoms with Gasteiger partial charge in [0.25, 0.3) is 0 Å². The molecule has 3 heteroatoms. The molecule has 1 heterocycles. The van der Waals surface area contributed by atoms with Crippen molar-refractivity contribution < 1.29 is 4.74 Å². The summed E-state index contributed by atoms with van der Waals surface area (Å²) in [6, 6.07) is 9.64. The fraction of sp³-hybridized carbons (Fsp3) is 0.667. The molecule has 0 unspecified atom stereocenters. The second-order valence-corrected chi connectivity index (χ2v) is 6.72. The number of rotatable bonds is 6. The molecule has 1 fully saturated rings. The Balaban J connectivity index is 1.46. The van der Waals surface area contributed by atoms with Crippen LogP contribution in [0.5, 0.6) is 0 Å². The second kappa shape index (κ2) is 6.91. The first-order valence-corrected chi connectivity index (χ1v) is 8.24. The van der Waals surface area contributed by atoms with Crippen LogP contribution in [0.25, 0.3) is 0 Å². The van der Waals surface area contributed by atoms with Crippen molar-refractivity contribution in [2.24, 2.45) is 5.92 Å². The van der Waals surface area contributed by atoms with E-state index in [9.17, 15) is 0 Å². The highest BCUT2D eigenvalue weighted by molar-refractivity contribution is 5.33. The van der Waals surface area contributed by atoms with Gasteiger partial charge < -0.3 is 14.5 Å². The third kappa shape index (κ3) is 3.65. The van der Waals surface area contributed by atoms with Crippen molar-refractivity contribution in [1.82, 2.24) is 9.80 Å². The molecule has 0 bridgehead atoms. The number of likely N-dealkylation sites (tertiary alicyclic amines) is 1. The van der Waals surface area contributed by atoms with E-state index < -0.39 is 0 Å². The third-order valence-corrected chi connectivity index (χ3v) is 5.18. The molecule has 1 aromatic rings. The highest BCUT2D eigenvalue weighted by atomic mass is 16.5. The van der Waals surface area contributed by atoms with E-state index in [1.165, 1.54) is 38.9 Å². The Bertz CT molecular complexity index is 437. The number of nitrogens with zero attached hydrogens (tertiary/aromatic N) is 2. The molecule has 1 aliphatic heterocycles. The number of fused-ring (bicyclic) bond motifs is 1. The van der Waals surface area contributed by atoms with Gasteiger partial charge in [0.1, 0.15) is 0 Å². The molecule has 0 saturated carbocycles. The van der Waals surface area contributed by atoms with E-state index in [0.717, 1.165) is 19.1 Å². The van der Waals surface area contributed by atoms with Gasteiger partial charge in [0.2, 0.25) is 0 Å². The summed E-state index contributed by atoms with van der Waals surface area (Å²) in [6.45, 7) is 5.67. The molecule has 2 aliphatic rings. The fourth-order valence-electron chi connectivity index (χ4n) is 3.89. The van der Waals surface area contributed by atoms with Crippen LogP contribution in [0.1, 0.15) is 17.5 Å². The Labute approximate surface area is 128 Å². The smallest absolute Gasteiger partial charge is 0.0589 e. The summed E-state index contributed by atoms with van der Waals surface area (Å²) in [7, 11) is 4.10. The van der Waals surface area contributed by atoms with E-state index in [-0.39, 0.29) is 0 Å². The van der Waals surface area contributed by atoms with E-state index in [1.807, 2.05) is 0 Å². The van der Waals surface area contributed by atoms with Crippen LogP contribution in [0.3, 0.4) is 0 Å². The number of methoxy groups -OCH3 is 1. The summed E-state index contributed by atoms with van der Waals surface area (Å²) in [5.41, 5.74) is 3.12. The number of likely N-dealkylation sites (N-methyl/N-ethyl adjacent to an activating group) is 1. The van der Waals surface area contributed by atoms with Crippen LogP contribution in [0.15, 0.2) is 24.3 Å². The van der Waals surface area contributed by atoms with Crippen molar-refractivity contribution in [3.63, 3.8) is 0 Å². The van der Waals surface area contributed by atoms with E-state index in [1.54, 1.807) is 18.2 Å². The van der Waals surface area contributed by atoms with Crippen molar-refractivity contribution in [1.29, 1.82) is 0 Å². The fourth-order valence-corrected chi connectivity index (χ4v) is 3.89.